The molecule has 4 nitrogen and oxygen atoms in total. The summed E-state index contributed by atoms with van der Waals surface area (Å²) >= 11 is 0. The van der Waals surface area contributed by atoms with Crippen LogP contribution in [0.25, 0.3) is 44.5 Å². The quantitative estimate of drug-likeness (QED) is 0.163. The SMILES string of the molecule is c1ccc(-c2cccc(N(c3ccccc3)c3cc(-c4nc5cc6ccccc6cc5o4)cc(N(c4ccccc4)c4ccccc4)c3)c2)cc1. The van der Waals surface area contributed by atoms with Crippen LogP contribution in [0.15, 0.2) is 205 Å². The van der Waals surface area contributed by atoms with E-state index in [1.165, 1.54) is 5.56 Å². The molecule has 0 N–H and O–H groups in total. The smallest absolute Gasteiger partial charge is 0.227 e. The van der Waals surface area contributed by atoms with E-state index in [-0.39, 0.29) is 0 Å². The number of rotatable bonds is 8. The minimum absolute atomic E-state index is 0.565. The largest absolute Gasteiger partial charge is 0.436 e. The number of fused-ring (bicyclic) bond motifs is 2. The molecule has 0 aliphatic rings. The van der Waals surface area contributed by atoms with Crippen LogP contribution in [0.4, 0.5) is 34.1 Å². The molecule has 1 heterocycles. The lowest BCUT2D eigenvalue weighted by Gasteiger charge is -2.30. The van der Waals surface area contributed by atoms with Crippen molar-refractivity contribution < 1.29 is 4.42 Å². The molecule has 8 aromatic carbocycles. The lowest BCUT2D eigenvalue weighted by Crippen LogP contribution is -2.13. The average molecular weight is 656 g/mol. The second-order valence-corrected chi connectivity index (χ2v) is 12.5. The maximum absolute atomic E-state index is 6.58. The van der Waals surface area contributed by atoms with Crippen LogP contribution in [0.1, 0.15) is 0 Å². The van der Waals surface area contributed by atoms with Crippen molar-refractivity contribution >= 4 is 56.0 Å². The number of nitrogens with zero attached hydrogens (tertiary/aromatic N) is 3. The van der Waals surface area contributed by atoms with E-state index in [0.29, 0.717) is 5.89 Å². The summed E-state index contributed by atoms with van der Waals surface area (Å²) in [4.78, 5) is 9.67. The number of para-hydroxylation sites is 3. The summed E-state index contributed by atoms with van der Waals surface area (Å²) < 4.78 is 6.58. The molecular weight excluding hydrogens is 623 g/mol. The molecule has 51 heavy (non-hydrogen) atoms. The number of oxazole rings is 1. The predicted octanol–water partition coefficient (Wildman–Crippen LogP) is 13.3. The third-order valence-electron chi connectivity index (χ3n) is 9.18. The first-order valence-electron chi connectivity index (χ1n) is 17.1. The highest BCUT2D eigenvalue weighted by molar-refractivity contribution is 5.95. The molecule has 0 fully saturated rings. The summed E-state index contributed by atoms with van der Waals surface area (Å²) in [6.45, 7) is 0. The summed E-state index contributed by atoms with van der Waals surface area (Å²) in [6.07, 6.45) is 0. The number of benzene rings is 8. The van der Waals surface area contributed by atoms with Crippen molar-refractivity contribution in [2.45, 2.75) is 0 Å². The second-order valence-electron chi connectivity index (χ2n) is 12.5. The molecule has 1 aromatic heterocycles. The van der Waals surface area contributed by atoms with Gasteiger partial charge in [0.2, 0.25) is 5.89 Å². The van der Waals surface area contributed by atoms with Crippen LogP contribution in [0.3, 0.4) is 0 Å². The monoisotopic (exact) mass is 655 g/mol. The number of anilines is 6. The van der Waals surface area contributed by atoms with E-state index in [0.717, 1.165) is 67.1 Å². The van der Waals surface area contributed by atoms with E-state index in [9.17, 15) is 0 Å². The third-order valence-corrected chi connectivity index (χ3v) is 9.18. The van der Waals surface area contributed by atoms with E-state index < -0.39 is 0 Å². The first-order valence-corrected chi connectivity index (χ1v) is 17.1. The Morgan fingerprint density at radius 2 is 0.784 bits per heavy atom. The molecule has 0 bridgehead atoms. The molecule has 0 saturated heterocycles. The van der Waals surface area contributed by atoms with Crippen LogP contribution in [0, 0.1) is 0 Å². The van der Waals surface area contributed by atoms with Gasteiger partial charge in [-0.3, -0.25) is 0 Å². The molecule has 4 heteroatoms. The van der Waals surface area contributed by atoms with Gasteiger partial charge < -0.3 is 14.2 Å². The topological polar surface area (TPSA) is 32.5 Å². The van der Waals surface area contributed by atoms with Crippen molar-refractivity contribution in [3.63, 3.8) is 0 Å². The first kappa shape index (κ1) is 30.2. The normalized spacial score (nSPS) is 11.1. The summed E-state index contributed by atoms with van der Waals surface area (Å²) in [5, 5.41) is 2.25. The molecule has 0 saturated carbocycles. The second kappa shape index (κ2) is 13.2. The van der Waals surface area contributed by atoms with Gasteiger partial charge in [-0.1, -0.05) is 121 Å². The van der Waals surface area contributed by atoms with Crippen molar-refractivity contribution in [3.8, 4) is 22.6 Å². The Bertz CT molecular complexity index is 2490. The van der Waals surface area contributed by atoms with Gasteiger partial charge in [0.15, 0.2) is 5.58 Å². The van der Waals surface area contributed by atoms with E-state index in [4.69, 9.17) is 9.40 Å². The van der Waals surface area contributed by atoms with Gasteiger partial charge >= 0.3 is 0 Å². The van der Waals surface area contributed by atoms with E-state index in [1.54, 1.807) is 0 Å². The fourth-order valence-corrected chi connectivity index (χ4v) is 6.79. The van der Waals surface area contributed by atoms with Crippen molar-refractivity contribution in [1.29, 1.82) is 0 Å². The Morgan fingerprint density at radius 3 is 1.37 bits per heavy atom. The van der Waals surface area contributed by atoms with Crippen molar-refractivity contribution in [2.24, 2.45) is 0 Å². The van der Waals surface area contributed by atoms with E-state index >= 15 is 0 Å². The van der Waals surface area contributed by atoms with Gasteiger partial charge in [-0.2, -0.15) is 0 Å². The molecule has 0 radical (unpaired) electrons. The zero-order valence-corrected chi connectivity index (χ0v) is 27.8. The molecule has 0 unspecified atom stereocenters. The van der Waals surface area contributed by atoms with Crippen LogP contribution < -0.4 is 9.80 Å². The Kier molecular flexibility index (Phi) is 7.80. The van der Waals surface area contributed by atoms with Gasteiger partial charge in [0.05, 0.1) is 0 Å². The zero-order valence-electron chi connectivity index (χ0n) is 27.8. The molecule has 0 aliphatic heterocycles. The molecule has 9 rings (SSSR count). The van der Waals surface area contributed by atoms with E-state index in [1.807, 2.05) is 18.2 Å². The number of hydrogen-bond donors (Lipinski definition) is 0. The molecule has 0 amide bonds. The van der Waals surface area contributed by atoms with Crippen LogP contribution in [0.5, 0.6) is 0 Å². The molecule has 0 atom stereocenters. The van der Waals surface area contributed by atoms with Crippen LogP contribution in [0.2, 0.25) is 0 Å². The highest BCUT2D eigenvalue weighted by Gasteiger charge is 2.21. The maximum Gasteiger partial charge on any atom is 0.227 e. The fourth-order valence-electron chi connectivity index (χ4n) is 6.79. The summed E-state index contributed by atoms with van der Waals surface area (Å²) in [7, 11) is 0. The lowest BCUT2D eigenvalue weighted by atomic mass is 10.0. The Balaban J connectivity index is 1.29. The Hall–Kier alpha value is -6.91. The van der Waals surface area contributed by atoms with Gasteiger partial charge in [0.1, 0.15) is 5.52 Å². The molecule has 9 aromatic rings. The molecule has 0 spiro atoms. The third kappa shape index (κ3) is 6.00. The lowest BCUT2D eigenvalue weighted by molar-refractivity contribution is 0.620. The van der Waals surface area contributed by atoms with Crippen molar-refractivity contribution in [1.82, 2.24) is 4.98 Å². The fraction of sp³-hybridized carbons (Fsp3) is 0. The number of aromatic nitrogens is 1. The Labute approximate surface area is 297 Å². The molecular formula is C47H33N3O. The zero-order chi connectivity index (χ0) is 34.0. The minimum Gasteiger partial charge on any atom is -0.436 e. The average Bonchev–Trinajstić information content (AvgIpc) is 3.62. The van der Waals surface area contributed by atoms with Gasteiger partial charge in [-0.15, -0.1) is 0 Å². The highest BCUT2D eigenvalue weighted by atomic mass is 16.3. The minimum atomic E-state index is 0.565. The van der Waals surface area contributed by atoms with Crippen LogP contribution >= 0.6 is 0 Å². The maximum atomic E-state index is 6.58. The number of hydrogen-bond acceptors (Lipinski definition) is 4. The summed E-state index contributed by atoms with van der Waals surface area (Å²) in [6, 6.07) is 69.9. The first-order chi connectivity index (χ1) is 25.3. The summed E-state index contributed by atoms with van der Waals surface area (Å²) in [5.74, 6) is 0.565. The summed E-state index contributed by atoms with van der Waals surface area (Å²) in [5.41, 5.74) is 10.9. The van der Waals surface area contributed by atoms with Crippen LogP contribution in [-0.4, -0.2) is 4.98 Å². The van der Waals surface area contributed by atoms with E-state index in [2.05, 4.69) is 192 Å². The van der Waals surface area contributed by atoms with Crippen molar-refractivity contribution in [3.05, 3.63) is 200 Å². The van der Waals surface area contributed by atoms with Gasteiger partial charge in [-0.05, 0) is 101 Å². The van der Waals surface area contributed by atoms with Gasteiger partial charge in [0.25, 0.3) is 0 Å². The molecule has 0 aliphatic carbocycles. The van der Waals surface area contributed by atoms with Crippen LogP contribution in [-0.2, 0) is 0 Å². The van der Waals surface area contributed by atoms with Crippen molar-refractivity contribution in [2.75, 3.05) is 9.80 Å². The van der Waals surface area contributed by atoms with Gasteiger partial charge in [0, 0.05) is 39.7 Å². The van der Waals surface area contributed by atoms with Gasteiger partial charge in [-0.25, -0.2) is 4.98 Å². The highest BCUT2D eigenvalue weighted by Crippen LogP contribution is 2.44. The predicted molar refractivity (Wildman–Crippen MR) is 212 cm³/mol. The molecule has 242 valence electrons. The standard InChI is InChI=1S/C47H33N3O/c1-5-16-34(17-6-1)35-20-15-27-42(28-35)50(41-25-11-4-12-26-41)44-30-38(47-48-45-31-36-18-13-14-19-37(36)32-46(45)51-47)29-43(33-44)49(39-21-7-2-8-22-39)40-23-9-3-10-24-40/h1-33H. The Morgan fingerprint density at radius 1 is 0.333 bits per heavy atom.